The number of hydrogen-bond donors (Lipinski definition) is 0. The number of thiophene rings is 1. The summed E-state index contributed by atoms with van der Waals surface area (Å²) in [5.74, 6) is 0. The second-order valence-corrected chi connectivity index (χ2v) is 9.70. The van der Waals surface area contributed by atoms with Gasteiger partial charge >= 0.3 is 0 Å². The minimum absolute atomic E-state index is 1.19. The monoisotopic (exact) mass is 439 g/mol. The molecule has 7 aromatic rings. The van der Waals surface area contributed by atoms with Crippen molar-refractivity contribution in [3.63, 3.8) is 0 Å². The molecule has 0 amide bonds. The van der Waals surface area contributed by atoms with Crippen LogP contribution in [-0.2, 0) is 0 Å². The highest BCUT2D eigenvalue weighted by molar-refractivity contribution is 7.21. The van der Waals surface area contributed by atoms with Crippen LogP contribution in [0.5, 0.6) is 0 Å². The molecule has 0 atom stereocenters. The van der Waals surface area contributed by atoms with Crippen LogP contribution >= 0.6 is 11.3 Å². The molecule has 1 nitrogen and oxygen atoms in total. The Morgan fingerprint density at radius 1 is 0.667 bits per heavy atom. The predicted octanol–water partition coefficient (Wildman–Crippen LogP) is 9.26. The molecule has 0 fully saturated rings. The summed E-state index contributed by atoms with van der Waals surface area (Å²) in [6.07, 6.45) is 1.99. The lowest BCUT2D eigenvalue weighted by Gasteiger charge is -2.09. The molecule has 0 N–H and O–H groups in total. The van der Waals surface area contributed by atoms with E-state index in [1.807, 2.05) is 17.4 Å². The Kier molecular flexibility index (Phi) is 3.85. The van der Waals surface area contributed by atoms with Crippen LogP contribution in [0.2, 0.25) is 0 Å². The molecule has 0 bridgehead atoms. The van der Waals surface area contributed by atoms with E-state index in [1.165, 1.54) is 69.6 Å². The summed E-state index contributed by atoms with van der Waals surface area (Å²) in [6.45, 7) is 6.28. The van der Waals surface area contributed by atoms with Crippen molar-refractivity contribution in [2.75, 3.05) is 0 Å². The number of fused-ring (bicyclic) bond motifs is 9. The predicted molar refractivity (Wildman–Crippen MR) is 146 cm³/mol. The molecule has 0 aliphatic carbocycles. The lowest BCUT2D eigenvalue weighted by atomic mass is 9.98. The number of rotatable bonds is 2. The fourth-order valence-electron chi connectivity index (χ4n) is 5.43. The highest BCUT2D eigenvalue weighted by Crippen LogP contribution is 2.45. The van der Waals surface area contributed by atoms with E-state index in [1.54, 1.807) is 0 Å². The zero-order chi connectivity index (χ0) is 22.1. The van der Waals surface area contributed by atoms with Gasteiger partial charge in [0.25, 0.3) is 0 Å². The van der Waals surface area contributed by atoms with Crippen molar-refractivity contribution >= 4 is 70.8 Å². The second kappa shape index (κ2) is 6.81. The highest BCUT2D eigenvalue weighted by atomic mass is 32.1. The fraction of sp³-hybridized carbons (Fsp3) is 0.0323. The van der Waals surface area contributed by atoms with E-state index < -0.39 is 0 Å². The summed E-state index contributed by atoms with van der Waals surface area (Å²) < 4.78 is 3.77. The van der Waals surface area contributed by atoms with Gasteiger partial charge in [-0.25, -0.2) is 0 Å². The number of aryl methyl sites for hydroxylation is 1. The first-order valence-electron chi connectivity index (χ1n) is 11.2. The van der Waals surface area contributed by atoms with E-state index in [2.05, 4.69) is 109 Å². The minimum atomic E-state index is 1.19. The molecular weight excluding hydrogens is 418 g/mol. The molecule has 33 heavy (non-hydrogen) atoms. The summed E-state index contributed by atoms with van der Waals surface area (Å²) >= 11 is 1.86. The van der Waals surface area contributed by atoms with Gasteiger partial charge in [-0.1, -0.05) is 79.4 Å². The lowest BCUT2D eigenvalue weighted by Crippen LogP contribution is -1.93. The molecule has 7 rings (SSSR count). The van der Waals surface area contributed by atoms with Gasteiger partial charge in [0, 0.05) is 26.0 Å². The third-order valence-corrected chi connectivity index (χ3v) is 8.28. The maximum Gasteiger partial charge on any atom is 0.0555 e. The molecule has 0 aliphatic heterocycles. The SMILES string of the molecule is C=Cc1sc2c(ccc3c2c2c4ccc5ccccc5c4ccc2n3-c2ccccc2)c1C. The molecule has 5 aromatic carbocycles. The first-order valence-corrected chi connectivity index (χ1v) is 12.1. The van der Waals surface area contributed by atoms with Crippen LogP contribution in [-0.4, -0.2) is 4.57 Å². The van der Waals surface area contributed by atoms with Gasteiger partial charge in [0.1, 0.15) is 0 Å². The molecule has 156 valence electrons. The van der Waals surface area contributed by atoms with Crippen LogP contribution in [0.1, 0.15) is 10.4 Å². The van der Waals surface area contributed by atoms with E-state index in [4.69, 9.17) is 0 Å². The number of nitrogens with zero attached hydrogens (tertiary/aromatic N) is 1. The Bertz CT molecular complexity index is 1880. The van der Waals surface area contributed by atoms with Crippen molar-refractivity contribution < 1.29 is 0 Å². The molecule has 2 heterocycles. The molecule has 0 aliphatic rings. The third kappa shape index (κ3) is 2.47. The van der Waals surface area contributed by atoms with E-state index >= 15 is 0 Å². The Balaban J connectivity index is 1.79. The average Bonchev–Trinajstić information content (AvgIpc) is 3.38. The molecule has 0 unspecified atom stereocenters. The molecular formula is C31H21NS. The zero-order valence-corrected chi connectivity index (χ0v) is 19.1. The van der Waals surface area contributed by atoms with E-state index in [0.29, 0.717) is 0 Å². The first kappa shape index (κ1) is 18.7. The normalized spacial score (nSPS) is 11.9. The Hall–Kier alpha value is -3.88. The Labute approximate surface area is 195 Å². The van der Waals surface area contributed by atoms with Gasteiger partial charge in [-0.05, 0) is 63.7 Å². The van der Waals surface area contributed by atoms with Gasteiger partial charge in [-0.3, -0.25) is 0 Å². The number of hydrogen-bond acceptors (Lipinski definition) is 1. The van der Waals surface area contributed by atoms with Crippen molar-refractivity contribution in [2.24, 2.45) is 0 Å². The Morgan fingerprint density at radius 2 is 1.36 bits per heavy atom. The average molecular weight is 440 g/mol. The number of aromatic nitrogens is 1. The van der Waals surface area contributed by atoms with Crippen LogP contribution < -0.4 is 0 Å². The second-order valence-electron chi connectivity index (χ2n) is 8.64. The number of para-hydroxylation sites is 1. The maximum atomic E-state index is 4.07. The summed E-state index contributed by atoms with van der Waals surface area (Å²) in [6, 6.07) is 33.1. The van der Waals surface area contributed by atoms with Gasteiger partial charge in [0.15, 0.2) is 0 Å². The highest BCUT2D eigenvalue weighted by Gasteiger charge is 2.20. The molecule has 0 spiro atoms. The summed E-state index contributed by atoms with van der Waals surface area (Å²) in [5, 5.41) is 9.20. The van der Waals surface area contributed by atoms with Gasteiger partial charge in [-0.15, -0.1) is 11.3 Å². The third-order valence-electron chi connectivity index (χ3n) is 6.96. The van der Waals surface area contributed by atoms with E-state index in [-0.39, 0.29) is 0 Å². The number of benzene rings is 5. The molecule has 0 saturated carbocycles. The Morgan fingerprint density at radius 3 is 2.18 bits per heavy atom. The summed E-state index contributed by atoms with van der Waals surface area (Å²) in [5.41, 5.74) is 5.01. The zero-order valence-electron chi connectivity index (χ0n) is 18.3. The maximum absolute atomic E-state index is 4.07. The van der Waals surface area contributed by atoms with Crippen LogP contribution in [0.3, 0.4) is 0 Å². The van der Waals surface area contributed by atoms with E-state index in [0.717, 1.165) is 0 Å². The lowest BCUT2D eigenvalue weighted by molar-refractivity contribution is 1.18. The fourth-order valence-corrected chi connectivity index (χ4v) is 6.63. The summed E-state index contributed by atoms with van der Waals surface area (Å²) in [7, 11) is 0. The summed E-state index contributed by atoms with van der Waals surface area (Å²) in [4.78, 5) is 1.25. The van der Waals surface area contributed by atoms with Crippen molar-refractivity contribution in [3.8, 4) is 5.69 Å². The van der Waals surface area contributed by atoms with Crippen LogP contribution in [0.15, 0.2) is 97.6 Å². The van der Waals surface area contributed by atoms with Gasteiger partial charge < -0.3 is 4.57 Å². The molecule has 2 heteroatoms. The van der Waals surface area contributed by atoms with Gasteiger partial charge in [-0.2, -0.15) is 0 Å². The van der Waals surface area contributed by atoms with Gasteiger partial charge in [0.05, 0.1) is 11.0 Å². The molecule has 0 saturated heterocycles. The minimum Gasteiger partial charge on any atom is -0.309 e. The van der Waals surface area contributed by atoms with Crippen molar-refractivity contribution in [1.82, 2.24) is 4.57 Å². The molecule has 2 aromatic heterocycles. The standard InChI is InChI=1S/C31H21NS/c1-3-28-19(2)22-15-17-27-30(31(22)33-28)29-25-14-13-20-9-7-8-12-23(20)24(25)16-18-26(29)32(27)21-10-5-4-6-11-21/h3-18H,1H2,2H3. The van der Waals surface area contributed by atoms with Crippen LogP contribution in [0, 0.1) is 6.92 Å². The van der Waals surface area contributed by atoms with Gasteiger partial charge in [0.2, 0.25) is 0 Å². The quantitative estimate of drug-likeness (QED) is 0.237. The largest absolute Gasteiger partial charge is 0.309 e. The van der Waals surface area contributed by atoms with E-state index in [9.17, 15) is 0 Å². The van der Waals surface area contributed by atoms with Crippen molar-refractivity contribution in [2.45, 2.75) is 6.92 Å². The van der Waals surface area contributed by atoms with Crippen LogP contribution in [0.4, 0.5) is 0 Å². The van der Waals surface area contributed by atoms with Crippen molar-refractivity contribution in [1.29, 1.82) is 0 Å². The smallest absolute Gasteiger partial charge is 0.0555 e. The van der Waals surface area contributed by atoms with Crippen LogP contribution in [0.25, 0.3) is 65.2 Å². The topological polar surface area (TPSA) is 4.93 Å². The molecule has 0 radical (unpaired) electrons. The first-order chi connectivity index (χ1) is 16.3. The van der Waals surface area contributed by atoms with Crippen molar-refractivity contribution in [3.05, 3.63) is 108 Å².